The molecule has 0 unspecified atom stereocenters. The number of carbonyl (C=O) groups excluding carboxylic acids is 2. The van der Waals surface area contributed by atoms with Crippen molar-refractivity contribution in [2.45, 2.75) is 94.7 Å². The van der Waals surface area contributed by atoms with Crippen LogP contribution in [0.5, 0.6) is 0 Å². The molecule has 5 aliphatic rings. The van der Waals surface area contributed by atoms with Crippen molar-refractivity contribution in [1.29, 1.82) is 0 Å². The summed E-state index contributed by atoms with van der Waals surface area (Å²) in [6.45, 7) is 2.81. The van der Waals surface area contributed by atoms with Crippen LogP contribution >= 0.6 is 0 Å². The summed E-state index contributed by atoms with van der Waals surface area (Å²) < 4.78 is 71.5. The number of fused-ring (bicyclic) bond motifs is 4. The second-order valence-electron chi connectivity index (χ2n) is 12.9. The van der Waals surface area contributed by atoms with E-state index >= 15 is 8.78 Å². The molecule has 6 rings (SSSR count). The number of amides is 1. The summed E-state index contributed by atoms with van der Waals surface area (Å²) in [5.41, 5.74) is -0.703. The van der Waals surface area contributed by atoms with Crippen molar-refractivity contribution in [3.8, 4) is 0 Å². The number of ketones is 1. The van der Waals surface area contributed by atoms with E-state index < -0.39 is 41.4 Å². The Morgan fingerprint density at radius 1 is 0.976 bits per heavy atom. The Labute approximate surface area is 236 Å². The van der Waals surface area contributed by atoms with Crippen LogP contribution in [0.25, 0.3) is 0 Å². The van der Waals surface area contributed by atoms with Gasteiger partial charge < -0.3 is 10.0 Å². The van der Waals surface area contributed by atoms with Gasteiger partial charge in [-0.25, -0.2) is 0 Å². The van der Waals surface area contributed by atoms with E-state index in [-0.39, 0.29) is 30.4 Å². The van der Waals surface area contributed by atoms with Crippen molar-refractivity contribution < 1.29 is 36.6 Å². The van der Waals surface area contributed by atoms with Gasteiger partial charge in [0.25, 0.3) is 5.91 Å². The lowest BCUT2D eigenvalue weighted by atomic mass is 9.50. The van der Waals surface area contributed by atoms with Crippen LogP contribution in [0.1, 0.15) is 93.0 Å². The lowest BCUT2D eigenvalue weighted by molar-refractivity contribution is -0.362. The monoisotopic (exact) mass is 577 g/mol. The van der Waals surface area contributed by atoms with Crippen molar-refractivity contribution in [3.05, 3.63) is 58.2 Å². The Kier molecular flexibility index (Phi) is 6.79. The van der Waals surface area contributed by atoms with Gasteiger partial charge in [-0.15, -0.1) is 0 Å². The van der Waals surface area contributed by atoms with Crippen molar-refractivity contribution in [2.75, 3.05) is 13.1 Å². The van der Waals surface area contributed by atoms with Gasteiger partial charge in [0.15, 0.2) is 5.78 Å². The molecule has 1 saturated heterocycles. The van der Waals surface area contributed by atoms with Gasteiger partial charge in [-0.05, 0) is 105 Å². The van der Waals surface area contributed by atoms with E-state index in [1.165, 1.54) is 6.92 Å². The highest BCUT2D eigenvalue weighted by atomic mass is 19.4. The first-order chi connectivity index (χ1) is 19.3. The number of carbonyl (C=O) groups is 2. The molecule has 0 spiro atoms. The highest BCUT2D eigenvalue weighted by Gasteiger charge is 2.79. The molecule has 0 radical (unpaired) electrons. The minimum absolute atomic E-state index is 0.0423. The van der Waals surface area contributed by atoms with Gasteiger partial charge in [-0.2, -0.15) is 22.0 Å². The zero-order valence-corrected chi connectivity index (χ0v) is 23.2. The van der Waals surface area contributed by atoms with E-state index in [1.54, 1.807) is 30.3 Å². The topological polar surface area (TPSA) is 57.6 Å². The average Bonchev–Trinajstić information content (AvgIpc) is 3.23. The quantitative estimate of drug-likeness (QED) is 0.389. The molecule has 1 aromatic carbocycles. The van der Waals surface area contributed by atoms with E-state index in [9.17, 15) is 27.9 Å². The SMILES string of the molecule is C[C@]12C[C@H](c3ccc(C(=O)N4CCCCC4)cc3)C3=C4CCC(=O)C=C4CC[C@H]3[C@@H]1CC[C@@]2(O)C(F)(F)C(F)(F)F. The van der Waals surface area contributed by atoms with Crippen LogP contribution in [0.3, 0.4) is 0 Å². The molecule has 9 heteroatoms. The molecule has 222 valence electrons. The first kappa shape index (κ1) is 28.6. The number of benzene rings is 1. The summed E-state index contributed by atoms with van der Waals surface area (Å²) >= 11 is 0. The Hall–Kier alpha value is -2.55. The third-order valence-corrected chi connectivity index (χ3v) is 11.0. The fraction of sp³-hybridized carbons (Fsp3) is 0.625. The highest BCUT2D eigenvalue weighted by Crippen LogP contribution is 2.70. The van der Waals surface area contributed by atoms with Crippen LogP contribution in [0.2, 0.25) is 0 Å². The van der Waals surface area contributed by atoms with Crippen molar-refractivity contribution in [2.24, 2.45) is 17.3 Å². The zero-order valence-electron chi connectivity index (χ0n) is 23.2. The molecule has 1 N–H and O–H groups in total. The van der Waals surface area contributed by atoms with Crippen LogP contribution < -0.4 is 0 Å². The molecule has 4 nitrogen and oxygen atoms in total. The predicted octanol–water partition coefficient (Wildman–Crippen LogP) is 7.14. The molecule has 41 heavy (non-hydrogen) atoms. The number of hydrogen-bond donors (Lipinski definition) is 1. The van der Waals surface area contributed by atoms with E-state index in [2.05, 4.69) is 0 Å². The highest BCUT2D eigenvalue weighted by molar-refractivity contribution is 5.94. The van der Waals surface area contributed by atoms with Crippen molar-refractivity contribution in [1.82, 2.24) is 4.90 Å². The van der Waals surface area contributed by atoms with Gasteiger partial charge in [0.05, 0.1) is 0 Å². The molecule has 1 amide bonds. The van der Waals surface area contributed by atoms with Gasteiger partial charge in [0.2, 0.25) is 0 Å². The summed E-state index contributed by atoms with van der Waals surface area (Å²) in [6, 6.07) is 7.02. The Morgan fingerprint density at radius 2 is 1.66 bits per heavy atom. The molecule has 0 aromatic heterocycles. The Morgan fingerprint density at radius 3 is 2.32 bits per heavy atom. The van der Waals surface area contributed by atoms with E-state index in [4.69, 9.17) is 0 Å². The number of piperidine rings is 1. The number of nitrogens with zero attached hydrogens (tertiary/aromatic N) is 1. The second-order valence-corrected chi connectivity index (χ2v) is 12.9. The molecule has 3 fully saturated rings. The number of allylic oxidation sites excluding steroid dienone is 4. The summed E-state index contributed by atoms with van der Waals surface area (Å²) in [7, 11) is 0. The predicted molar refractivity (Wildman–Crippen MR) is 142 cm³/mol. The van der Waals surface area contributed by atoms with Crippen LogP contribution in [0, 0.1) is 17.3 Å². The number of aliphatic hydroxyl groups is 1. The van der Waals surface area contributed by atoms with Gasteiger partial charge in [0.1, 0.15) is 5.60 Å². The summed E-state index contributed by atoms with van der Waals surface area (Å²) in [5, 5.41) is 11.4. The van der Waals surface area contributed by atoms with Gasteiger partial charge in [0, 0.05) is 36.4 Å². The largest absolute Gasteiger partial charge is 0.456 e. The molecule has 1 heterocycles. The fourth-order valence-electron chi connectivity index (χ4n) is 8.85. The lowest BCUT2D eigenvalue weighted by Crippen LogP contribution is -2.65. The molecule has 4 aliphatic carbocycles. The average molecular weight is 578 g/mol. The normalized spacial score (nSPS) is 34.1. The minimum atomic E-state index is -5.88. The number of halogens is 5. The summed E-state index contributed by atoms with van der Waals surface area (Å²) in [4.78, 5) is 27.1. The number of likely N-dealkylation sites (tertiary alicyclic amines) is 1. The zero-order chi connectivity index (χ0) is 29.4. The number of rotatable bonds is 3. The molecule has 0 bridgehead atoms. The third kappa shape index (κ3) is 4.23. The maximum Gasteiger partial charge on any atom is 0.456 e. The standard InChI is InChI=1S/C32H36F5NO3/c1-29-18-25(19-5-7-20(8-6-19)28(40)38-15-3-2-4-16-38)27-23-12-10-22(39)17-21(23)9-11-24(27)26(29)13-14-30(29,41)31(33,34)32(35,36)37/h5-8,17,24-26,41H,2-4,9-16,18H2,1H3/t24-,25+,26-,29-,30-/m0/s1. The van der Waals surface area contributed by atoms with E-state index in [0.29, 0.717) is 44.3 Å². The lowest BCUT2D eigenvalue weighted by Gasteiger charge is -2.56. The van der Waals surface area contributed by atoms with Crippen LogP contribution in [0.4, 0.5) is 22.0 Å². The Bertz CT molecular complexity index is 1310. The maximum absolute atomic E-state index is 15.1. The molecular formula is C32H36F5NO3. The molecule has 5 atom stereocenters. The maximum atomic E-state index is 15.1. The van der Waals surface area contributed by atoms with Gasteiger partial charge in [-0.1, -0.05) is 24.6 Å². The fourth-order valence-corrected chi connectivity index (χ4v) is 8.85. The van der Waals surface area contributed by atoms with Crippen LogP contribution in [0.15, 0.2) is 47.1 Å². The van der Waals surface area contributed by atoms with E-state index in [0.717, 1.165) is 41.5 Å². The number of hydrogen-bond acceptors (Lipinski definition) is 3. The molecular weight excluding hydrogens is 541 g/mol. The second kappa shape index (κ2) is 9.75. The van der Waals surface area contributed by atoms with Gasteiger partial charge >= 0.3 is 12.1 Å². The molecule has 1 aromatic rings. The first-order valence-electron chi connectivity index (χ1n) is 14.8. The number of alkyl halides is 5. The smallest absolute Gasteiger partial charge is 0.383 e. The van der Waals surface area contributed by atoms with Crippen molar-refractivity contribution in [3.63, 3.8) is 0 Å². The van der Waals surface area contributed by atoms with Crippen LogP contribution in [-0.4, -0.2) is 52.5 Å². The summed E-state index contributed by atoms with van der Waals surface area (Å²) in [5.74, 6) is -6.62. The van der Waals surface area contributed by atoms with Crippen molar-refractivity contribution >= 4 is 11.7 Å². The summed E-state index contributed by atoms with van der Waals surface area (Å²) in [6.07, 6.45) is 0.105. The van der Waals surface area contributed by atoms with E-state index in [1.807, 2.05) is 4.90 Å². The Balaban J connectivity index is 1.44. The first-order valence-corrected chi connectivity index (χ1v) is 14.8. The minimum Gasteiger partial charge on any atom is -0.383 e. The molecule has 2 saturated carbocycles. The van der Waals surface area contributed by atoms with Crippen LogP contribution in [-0.2, 0) is 4.79 Å². The van der Waals surface area contributed by atoms with Gasteiger partial charge in [-0.3, -0.25) is 9.59 Å². The third-order valence-electron chi connectivity index (χ3n) is 11.0. The molecule has 1 aliphatic heterocycles.